The molecule has 0 aromatic heterocycles. The van der Waals surface area contributed by atoms with Gasteiger partial charge in [-0.3, -0.25) is 4.79 Å². The van der Waals surface area contributed by atoms with E-state index in [1.807, 2.05) is 6.92 Å². The Kier molecular flexibility index (Phi) is 6.98. The Morgan fingerprint density at radius 3 is 2.65 bits per heavy atom. The number of carbonyl (C=O) groups is 1. The number of nitrogens with zero attached hydrogens (tertiary/aromatic N) is 1. The van der Waals surface area contributed by atoms with Gasteiger partial charge in [0.2, 0.25) is 0 Å². The van der Waals surface area contributed by atoms with Gasteiger partial charge >= 0.3 is 0 Å². The second kappa shape index (κ2) is 8.24. The number of anilines is 1. The zero-order valence-electron chi connectivity index (χ0n) is 12.1. The van der Waals surface area contributed by atoms with Crippen molar-refractivity contribution < 1.29 is 14.3 Å². The van der Waals surface area contributed by atoms with Crippen molar-refractivity contribution in [2.75, 3.05) is 39.7 Å². The number of carbonyl (C=O) groups excluding carboxylic acids is 1. The number of nitrogens with two attached hydrogens (primary N) is 1. The van der Waals surface area contributed by atoms with Crippen LogP contribution in [-0.2, 0) is 9.47 Å². The third-order valence-corrected chi connectivity index (χ3v) is 3.47. The molecule has 5 nitrogen and oxygen atoms in total. The van der Waals surface area contributed by atoms with Crippen molar-refractivity contribution in [1.29, 1.82) is 0 Å². The molecule has 20 heavy (non-hydrogen) atoms. The molecule has 6 heteroatoms. The Morgan fingerprint density at radius 2 is 2.10 bits per heavy atom. The predicted octanol–water partition coefficient (Wildman–Crippen LogP) is 2.15. The quantitative estimate of drug-likeness (QED) is 0.769. The van der Waals surface area contributed by atoms with Crippen molar-refractivity contribution >= 4 is 27.5 Å². The van der Waals surface area contributed by atoms with Crippen LogP contribution in [0.2, 0.25) is 0 Å². The molecular weight excluding hydrogens is 324 g/mol. The molecular formula is C14H21BrN2O3. The van der Waals surface area contributed by atoms with E-state index in [-0.39, 0.29) is 11.9 Å². The van der Waals surface area contributed by atoms with E-state index in [0.717, 1.165) is 4.47 Å². The zero-order chi connectivity index (χ0) is 15.1. The van der Waals surface area contributed by atoms with Crippen LogP contribution in [0.3, 0.4) is 0 Å². The molecule has 1 rings (SSSR count). The fourth-order valence-electron chi connectivity index (χ4n) is 1.93. The van der Waals surface area contributed by atoms with E-state index in [1.54, 1.807) is 37.3 Å². The monoisotopic (exact) mass is 344 g/mol. The molecule has 1 unspecified atom stereocenters. The summed E-state index contributed by atoms with van der Waals surface area (Å²) >= 11 is 3.33. The van der Waals surface area contributed by atoms with Gasteiger partial charge in [0, 0.05) is 30.9 Å². The lowest BCUT2D eigenvalue weighted by molar-refractivity contribution is 0.0480. The van der Waals surface area contributed by atoms with Gasteiger partial charge in [-0.1, -0.05) is 15.9 Å². The first-order valence-electron chi connectivity index (χ1n) is 6.35. The fourth-order valence-corrected chi connectivity index (χ4v) is 2.30. The summed E-state index contributed by atoms with van der Waals surface area (Å²) in [6.07, 6.45) is 0. The molecule has 0 aliphatic rings. The molecule has 1 aromatic rings. The Balaban J connectivity index is 2.96. The lowest BCUT2D eigenvalue weighted by Gasteiger charge is -2.29. The molecule has 0 aliphatic carbocycles. The Morgan fingerprint density at radius 1 is 1.40 bits per heavy atom. The number of nitrogen functional groups attached to an aromatic ring is 1. The predicted molar refractivity (Wildman–Crippen MR) is 82.8 cm³/mol. The van der Waals surface area contributed by atoms with E-state index in [1.165, 1.54) is 0 Å². The van der Waals surface area contributed by atoms with Crippen LogP contribution >= 0.6 is 15.9 Å². The van der Waals surface area contributed by atoms with Crippen LogP contribution in [0, 0.1) is 0 Å². The zero-order valence-corrected chi connectivity index (χ0v) is 13.6. The minimum Gasteiger partial charge on any atom is -0.398 e. The van der Waals surface area contributed by atoms with E-state index in [9.17, 15) is 4.79 Å². The number of hydrogen-bond donors (Lipinski definition) is 1. The van der Waals surface area contributed by atoms with Crippen molar-refractivity contribution in [3.63, 3.8) is 0 Å². The second-order valence-electron chi connectivity index (χ2n) is 4.53. The van der Waals surface area contributed by atoms with E-state index < -0.39 is 0 Å². The highest BCUT2D eigenvalue weighted by atomic mass is 79.9. The van der Waals surface area contributed by atoms with Crippen molar-refractivity contribution in [2.45, 2.75) is 13.0 Å². The number of rotatable bonds is 7. The summed E-state index contributed by atoms with van der Waals surface area (Å²) in [5, 5.41) is 0. The molecule has 0 radical (unpaired) electrons. The molecule has 0 heterocycles. The van der Waals surface area contributed by atoms with Gasteiger partial charge in [-0.15, -0.1) is 0 Å². The maximum atomic E-state index is 12.6. The second-order valence-corrected chi connectivity index (χ2v) is 5.44. The first-order chi connectivity index (χ1) is 9.51. The summed E-state index contributed by atoms with van der Waals surface area (Å²) in [6.45, 7) is 3.36. The molecule has 1 atom stereocenters. The van der Waals surface area contributed by atoms with Gasteiger partial charge in [-0.25, -0.2) is 0 Å². The van der Waals surface area contributed by atoms with Gasteiger partial charge in [0.1, 0.15) is 0 Å². The van der Waals surface area contributed by atoms with Crippen LogP contribution in [0.4, 0.5) is 5.69 Å². The van der Waals surface area contributed by atoms with E-state index >= 15 is 0 Å². The first-order valence-corrected chi connectivity index (χ1v) is 7.14. The lowest BCUT2D eigenvalue weighted by Crippen LogP contribution is -2.43. The molecule has 1 amide bonds. The summed E-state index contributed by atoms with van der Waals surface area (Å²) in [7, 11) is 3.22. The van der Waals surface area contributed by atoms with Crippen molar-refractivity contribution in [3.05, 3.63) is 28.2 Å². The lowest BCUT2D eigenvalue weighted by atomic mass is 10.1. The van der Waals surface area contributed by atoms with Gasteiger partial charge in [0.05, 0.1) is 24.8 Å². The number of amides is 1. The molecule has 0 saturated carbocycles. The first kappa shape index (κ1) is 16.9. The van der Waals surface area contributed by atoms with Crippen molar-refractivity contribution in [3.8, 4) is 0 Å². The van der Waals surface area contributed by atoms with Gasteiger partial charge in [-0.05, 0) is 25.1 Å². The van der Waals surface area contributed by atoms with Crippen LogP contribution < -0.4 is 5.73 Å². The number of ether oxygens (including phenoxy) is 2. The normalized spacial score (nSPS) is 12.2. The molecule has 0 bridgehead atoms. The SMILES string of the molecule is COCCN(C(=O)c1ccc(Br)cc1N)C(C)COC. The molecule has 0 spiro atoms. The molecule has 1 aromatic carbocycles. The van der Waals surface area contributed by atoms with Crippen LogP contribution in [0.15, 0.2) is 22.7 Å². The Labute approximate surface area is 128 Å². The number of methoxy groups -OCH3 is 2. The van der Waals surface area contributed by atoms with E-state index in [2.05, 4.69) is 15.9 Å². The van der Waals surface area contributed by atoms with Gasteiger partial charge < -0.3 is 20.1 Å². The molecule has 2 N–H and O–H groups in total. The largest absolute Gasteiger partial charge is 0.398 e. The van der Waals surface area contributed by atoms with Crippen molar-refractivity contribution in [2.24, 2.45) is 0 Å². The van der Waals surface area contributed by atoms with E-state index in [0.29, 0.717) is 31.0 Å². The number of hydrogen-bond acceptors (Lipinski definition) is 4. The maximum Gasteiger partial charge on any atom is 0.256 e. The van der Waals surface area contributed by atoms with Crippen LogP contribution in [0.25, 0.3) is 0 Å². The fraction of sp³-hybridized carbons (Fsp3) is 0.500. The van der Waals surface area contributed by atoms with E-state index in [4.69, 9.17) is 15.2 Å². The van der Waals surface area contributed by atoms with Crippen molar-refractivity contribution in [1.82, 2.24) is 4.90 Å². The molecule has 112 valence electrons. The Hall–Kier alpha value is -1.11. The van der Waals surface area contributed by atoms with Crippen LogP contribution in [-0.4, -0.2) is 50.8 Å². The maximum absolute atomic E-state index is 12.6. The highest BCUT2D eigenvalue weighted by Gasteiger charge is 2.22. The highest BCUT2D eigenvalue weighted by molar-refractivity contribution is 9.10. The highest BCUT2D eigenvalue weighted by Crippen LogP contribution is 2.21. The standard InChI is InChI=1S/C14H21BrN2O3/c1-10(9-20-3)17(6-7-19-2)14(18)12-5-4-11(15)8-13(12)16/h4-5,8,10H,6-7,9,16H2,1-3H3. The molecule has 0 saturated heterocycles. The topological polar surface area (TPSA) is 64.8 Å². The third-order valence-electron chi connectivity index (χ3n) is 2.98. The number of halogens is 1. The molecule has 0 aliphatic heterocycles. The minimum absolute atomic E-state index is 0.0503. The summed E-state index contributed by atoms with van der Waals surface area (Å²) in [4.78, 5) is 14.3. The third kappa shape index (κ3) is 4.47. The summed E-state index contributed by atoms with van der Waals surface area (Å²) < 4.78 is 11.0. The summed E-state index contributed by atoms with van der Waals surface area (Å²) in [5.74, 6) is -0.114. The average molecular weight is 345 g/mol. The smallest absolute Gasteiger partial charge is 0.256 e. The van der Waals surface area contributed by atoms with Gasteiger partial charge in [-0.2, -0.15) is 0 Å². The Bertz CT molecular complexity index is 454. The van der Waals surface area contributed by atoms with Gasteiger partial charge in [0.15, 0.2) is 0 Å². The number of benzene rings is 1. The van der Waals surface area contributed by atoms with Gasteiger partial charge in [0.25, 0.3) is 5.91 Å². The minimum atomic E-state index is -0.114. The van der Waals surface area contributed by atoms with Crippen LogP contribution in [0.5, 0.6) is 0 Å². The van der Waals surface area contributed by atoms with Crippen LogP contribution in [0.1, 0.15) is 17.3 Å². The summed E-state index contributed by atoms with van der Waals surface area (Å²) in [6, 6.07) is 5.20. The molecule has 0 fully saturated rings. The summed E-state index contributed by atoms with van der Waals surface area (Å²) in [5.41, 5.74) is 6.87. The average Bonchev–Trinajstić information content (AvgIpc) is 2.39.